The molecular formula is C33H26IrN3. The Balaban J connectivity index is 0.000000207. The first-order chi connectivity index (χ1) is 17.9. The van der Waals surface area contributed by atoms with E-state index in [1.54, 1.807) is 24.8 Å². The second-order valence-electron chi connectivity index (χ2n) is 7.09. The molecule has 0 N–H and O–H groups in total. The Kier molecular flexibility index (Phi) is 14.9. The van der Waals surface area contributed by atoms with Crippen LogP contribution in [0.25, 0.3) is 22.5 Å². The molecular weight excluding hydrogens is 631 g/mol. The second kappa shape index (κ2) is 19.0. The fourth-order valence-electron chi connectivity index (χ4n) is 2.81. The third-order valence-corrected chi connectivity index (χ3v) is 4.46. The number of aromatic nitrogens is 3. The summed E-state index contributed by atoms with van der Waals surface area (Å²) >= 11 is 0. The molecule has 0 radical (unpaired) electrons. The molecule has 3 aromatic heterocycles. The molecule has 0 aliphatic rings. The number of pyridine rings is 3. The molecule has 3 nitrogen and oxygen atoms in total. The Labute approximate surface area is 233 Å². The van der Waals surface area contributed by atoms with Gasteiger partial charge in [0.25, 0.3) is 0 Å². The van der Waals surface area contributed by atoms with E-state index in [-0.39, 0.29) is 20.1 Å². The molecule has 0 atom stereocenters. The minimum absolute atomic E-state index is 0. The van der Waals surface area contributed by atoms with Crippen molar-refractivity contribution in [2.24, 2.45) is 0 Å². The predicted octanol–water partition coefficient (Wildman–Crippen LogP) is 7.66. The predicted molar refractivity (Wildman–Crippen MR) is 147 cm³/mol. The Morgan fingerprint density at radius 1 is 0.405 bits per heavy atom. The minimum atomic E-state index is 0. The molecule has 182 valence electrons. The van der Waals surface area contributed by atoms with Crippen LogP contribution in [-0.2, 0) is 20.1 Å². The van der Waals surface area contributed by atoms with Crippen LogP contribution < -0.4 is 0 Å². The van der Waals surface area contributed by atoms with E-state index in [0.29, 0.717) is 0 Å². The van der Waals surface area contributed by atoms with E-state index in [4.69, 9.17) is 0 Å². The topological polar surface area (TPSA) is 38.7 Å². The van der Waals surface area contributed by atoms with Gasteiger partial charge in [-0.25, -0.2) is 0 Å². The summed E-state index contributed by atoms with van der Waals surface area (Å²) in [5, 5.41) is 0. The van der Waals surface area contributed by atoms with Crippen molar-refractivity contribution in [3.05, 3.63) is 176 Å². The maximum atomic E-state index is 4.65. The number of nitrogens with zero attached hydrogens (tertiary/aromatic N) is 3. The van der Waals surface area contributed by atoms with Crippen molar-refractivity contribution in [1.82, 2.24) is 15.0 Å². The molecule has 3 aromatic carbocycles. The smallest absolute Gasteiger partial charge is 0.345 e. The van der Waals surface area contributed by atoms with Gasteiger partial charge in [0.05, 0.1) is 0 Å². The zero-order valence-electron chi connectivity index (χ0n) is 20.2. The minimum Gasteiger partial charge on any atom is -0.345 e. The summed E-state index contributed by atoms with van der Waals surface area (Å²) in [6.07, 6.45) is 7.00. The second-order valence-corrected chi connectivity index (χ2v) is 7.09. The summed E-state index contributed by atoms with van der Waals surface area (Å²) in [7, 11) is 0. The largest absolute Gasteiger partial charge is 3.00 e. The summed E-state index contributed by atoms with van der Waals surface area (Å²) < 4.78 is 0. The zero-order chi connectivity index (χ0) is 24.9. The molecule has 0 aliphatic carbocycles. The molecule has 0 amide bonds. The number of hydrogen-bond acceptors (Lipinski definition) is 3. The first-order valence-electron chi connectivity index (χ1n) is 11.5. The maximum Gasteiger partial charge on any atom is 3.00 e. The van der Waals surface area contributed by atoms with Crippen LogP contribution in [0, 0.1) is 18.2 Å². The van der Waals surface area contributed by atoms with Gasteiger partial charge in [-0.15, -0.1) is 71.8 Å². The summed E-state index contributed by atoms with van der Waals surface area (Å²) in [6, 6.07) is 52.1. The van der Waals surface area contributed by atoms with E-state index in [2.05, 4.69) is 33.2 Å². The van der Waals surface area contributed by atoms with Crippen molar-refractivity contribution in [1.29, 1.82) is 0 Å². The Morgan fingerprint density at radius 3 is 1.11 bits per heavy atom. The molecule has 6 aromatic rings. The SMILES string of the molecule is [Ir+3].[c-]1ccccc1.[c-]1ccccc1-c1cccc(-c2[c-]cccc2)n1.c1ccncc1.c1ccncc1. The van der Waals surface area contributed by atoms with Crippen LogP contribution in [0.2, 0.25) is 0 Å². The van der Waals surface area contributed by atoms with Crippen LogP contribution in [0.15, 0.2) is 158 Å². The van der Waals surface area contributed by atoms with Crippen molar-refractivity contribution >= 4 is 0 Å². The molecule has 3 heterocycles. The molecule has 4 heteroatoms. The van der Waals surface area contributed by atoms with E-state index in [0.717, 1.165) is 22.5 Å². The van der Waals surface area contributed by atoms with Crippen LogP contribution in [0.1, 0.15) is 0 Å². The number of benzene rings is 3. The van der Waals surface area contributed by atoms with E-state index in [1.807, 2.05) is 133 Å². The van der Waals surface area contributed by atoms with Gasteiger partial charge in [0.2, 0.25) is 0 Å². The quantitative estimate of drug-likeness (QED) is 0.180. The summed E-state index contributed by atoms with van der Waals surface area (Å²) in [4.78, 5) is 12.2. The Morgan fingerprint density at radius 2 is 0.838 bits per heavy atom. The average molecular weight is 657 g/mol. The van der Waals surface area contributed by atoms with Crippen LogP contribution in [0.4, 0.5) is 0 Å². The summed E-state index contributed by atoms with van der Waals surface area (Å²) in [5.41, 5.74) is 3.89. The summed E-state index contributed by atoms with van der Waals surface area (Å²) in [6.45, 7) is 0. The van der Waals surface area contributed by atoms with Crippen molar-refractivity contribution in [2.75, 3.05) is 0 Å². The third kappa shape index (κ3) is 12.3. The fraction of sp³-hybridized carbons (Fsp3) is 0. The fourth-order valence-corrected chi connectivity index (χ4v) is 2.81. The maximum absolute atomic E-state index is 4.65. The number of rotatable bonds is 2. The van der Waals surface area contributed by atoms with Gasteiger partial charge in [0.1, 0.15) is 0 Å². The van der Waals surface area contributed by atoms with Gasteiger partial charge in [-0.3, -0.25) is 9.97 Å². The van der Waals surface area contributed by atoms with E-state index in [9.17, 15) is 0 Å². The van der Waals surface area contributed by atoms with Crippen LogP contribution >= 0.6 is 0 Å². The van der Waals surface area contributed by atoms with E-state index in [1.165, 1.54) is 0 Å². The van der Waals surface area contributed by atoms with Crippen molar-refractivity contribution in [2.45, 2.75) is 0 Å². The van der Waals surface area contributed by atoms with Crippen molar-refractivity contribution in [3.63, 3.8) is 0 Å². The standard InChI is InChI=1S/C17H11N.C6H5.2C5H5N.Ir/c1-3-8-14(9-4-1)16-12-7-13-17(18-16)15-10-5-2-6-11-15;3*1-2-4-6-5-3-1;/h1-8,10,12-13H;3*1-5H;/q-2;-1;;;+3. The average Bonchev–Trinajstić information content (AvgIpc) is 3.02. The third-order valence-electron chi connectivity index (χ3n) is 4.46. The van der Waals surface area contributed by atoms with Gasteiger partial charge in [-0.1, -0.05) is 30.3 Å². The molecule has 0 saturated heterocycles. The van der Waals surface area contributed by atoms with Crippen molar-refractivity contribution in [3.8, 4) is 22.5 Å². The van der Waals surface area contributed by atoms with Gasteiger partial charge < -0.3 is 4.98 Å². The molecule has 0 unspecified atom stereocenters. The molecule has 0 aliphatic heterocycles. The van der Waals surface area contributed by atoms with Crippen LogP contribution in [0.3, 0.4) is 0 Å². The van der Waals surface area contributed by atoms with E-state index >= 15 is 0 Å². The normalized spacial score (nSPS) is 8.86. The first kappa shape index (κ1) is 29.0. The van der Waals surface area contributed by atoms with Crippen LogP contribution in [0.5, 0.6) is 0 Å². The molecule has 0 saturated carbocycles. The summed E-state index contributed by atoms with van der Waals surface area (Å²) in [5.74, 6) is 0. The Hall–Kier alpha value is -4.24. The molecule has 0 spiro atoms. The Bertz CT molecular complexity index is 1090. The van der Waals surface area contributed by atoms with Crippen LogP contribution in [-0.4, -0.2) is 15.0 Å². The molecule has 0 bridgehead atoms. The monoisotopic (exact) mass is 657 g/mol. The number of hydrogen-bond donors (Lipinski definition) is 0. The van der Waals surface area contributed by atoms with Crippen molar-refractivity contribution < 1.29 is 20.1 Å². The molecule has 37 heavy (non-hydrogen) atoms. The van der Waals surface area contributed by atoms with Gasteiger partial charge >= 0.3 is 20.1 Å². The van der Waals surface area contributed by atoms with Gasteiger partial charge in [0, 0.05) is 24.8 Å². The molecule has 6 rings (SSSR count). The zero-order valence-corrected chi connectivity index (χ0v) is 22.6. The van der Waals surface area contributed by atoms with Gasteiger partial charge in [-0.05, 0) is 35.7 Å². The van der Waals surface area contributed by atoms with E-state index < -0.39 is 0 Å². The first-order valence-corrected chi connectivity index (χ1v) is 11.5. The van der Waals surface area contributed by atoms with Gasteiger partial charge in [0.15, 0.2) is 0 Å². The van der Waals surface area contributed by atoms with Gasteiger partial charge in [-0.2, -0.15) is 36.4 Å². The molecule has 0 fully saturated rings.